The van der Waals surface area contributed by atoms with Crippen LogP contribution < -0.4 is 10.3 Å². The van der Waals surface area contributed by atoms with Gasteiger partial charge in [-0.15, -0.1) is 11.3 Å². The van der Waals surface area contributed by atoms with E-state index < -0.39 is 0 Å². The van der Waals surface area contributed by atoms with Gasteiger partial charge in [0, 0.05) is 0 Å². The van der Waals surface area contributed by atoms with Gasteiger partial charge in [0.1, 0.15) is 4.83 Å². The number of aromatic nitrogens is 2. The number of hydrogen-bond acceptors (Lipinski definition) is 4. The number of thiophene rings is 1. The van der Waals surface area contributed by atoms with Crippen LogP contribution in [0.2, 0.25) is 4.34 Å². The molecule has 1 N–H and O–H groups in total. The van der Waals surface area contributed by atoms with Gasteiger partial charge in [-0.05, 0) is 12.5 Å². The average Bonchev–Trinajstić information content (AvgIpc) is 2.56. The van der Waals surface area contributed by atoms with Crippen LogP contribution in [0.25, 0.3) is 10.2 Å². The minimum absolute atomic E-state index is 0.214. The maximum Gasteiger partial charge on any atom is 0.297 e. The fourth-order valence-electron chi connectivity index (χ4n) is 1.15. The van der Waals surface area contributed by atoms with Crippen molar-refractivity contribution in [3.05, 3.63) is 20.8 Å². The first kappa shape index (κ1) is 10.4. The lowest BCUT2D eigenvalue weighted by molar-refractivity contribution is 0.293. The first-order valence-corrected chi connectivity index (χ1v) is 5.72. The van der Waals surface area contributed by atoms with Crippen molar-refractivity contribution in [2.24, 2.45) is 0 Å². The average molecular weight is 245 g/mol. The highest BCUT2D eigenvalue weighted by atomic mass is 35.5. The van der Waals surface area contributed by atoms with Crippen LogP contribution in [0, 0.1) is 0 Å². The lowest BCUT2D eigenvalue weighted by atomic mass is 10.4. The van der Waals surface area contributed by atoms with E-state index in [1.165, 1.54) is 11.3 Å². The number of nitrogens with one attached hydrogen (secondary N) is 1. The Bertz CT molecular complexity index is 534. The minimum Gasteiger partial charge on any atom is -0.465 e. The van der Waals surface area contributed by atoms with Crippen LogP contribution in [0.15, 0.2) is 10.9 Å². The van der Waals surface area contributed by atoms with E-state index >= 15 is 0 Å². The molecule has 0 radical (unpaired) electrons. The van der Waals surface area contributed by atoms with Crippen LogP contribution in [0.1, 0.15) is 13.3 Å². The summed E-state index contributed by atoms with van der Waals surface area (Å²) < 4.78 is 5.80. The molecule has 2 aromatic rings. The summed E-state index contributed by atoms with van der Waals surface area (Å²) in [5.41, 5.74) is -0.214. The molecule has 0 aromatic carbocycles. The molecule has 80 valence electrons. The van der Waals surface area contributed by atoms with Crippen LogP contribution in [0.5, 0.6) is 6.01 Å². The Kier molecular flexibility index (Phi) is 2.93. The summed E-state index contributed by atoms with van der Waals surface area (Å²) in [5.74, 6) is 0. The fraction of sp³-hybridized carbons (Fsp3) is 0.333. The molecule has 0 spiro atoms. The molecule has 6 heteroatoms. The van der Waals surface area contributed by atoms with Gasteiger partial charge in [0.25, 0.3) is 11.6 Å². The van der Waals surface area contributed by atoms with Crippen molar-refractivity contribution in [1.29, 1.82) is 0 Å². The molecule has 15 heavy (non-hydrogen) atoms. The molecule has 0 aliphatic rings. The summed E-state index contributed by atoms with van der Waals surface area (Å²) in [6.45, 7) is 2.52. The summed E-state index contributed by atoms with van der Waals surface area (Å²) in [4.78, 5) is 18.9. The topological polar surface area (TPSA) is 55.0 Å². The summed E-state index contributed by atoms with van der Waals surface area (Å²) in [6.07, 6.45) is 0.868. The van der Waals surface area contributed by atoms with Gasteiger partial charge in [0.15, 0.2) is 0 Å². The van der Waals surface area contributed by atoms with Gasteiger partial charge in [0.05, 0.1) is 16.3 Å². The maximum absolute atomic E-state index is 11.5. The quantitative estimate of drug-likeness (QED) is 0.902. The zero-order valence-electron chi connectivity index (χ0n) is 8.04. The van der Waals surface area contributed by atoms with Crippen LogP contribution in [-0.2, 0) is 0 Å². The number of H-pyrrole nitrogens is 1. The molecular formula is C9H9ClN2O2S. The normalized spacial score (nSPS) is 10.8. The van der Waals surface area contributed by atoms with Gasteiger partial charge in [-0.1, -0.05) is 18.5 Å². The lowest BCUT2D eigenvalue weighted by Gasteiger charge is -2.01. The third kappa shape index (κ3) is 2.13. The molecule has 0 aliphatic heterocycles. The largest absolute Gasteiger partial charge is 0.465 e. The van der Waals surface area contributed by atoms with Crippen LogP contribution in [-0.4, -0.2) is 16.6 Å². The Hall–Kier alpha value is -1.07. The van der Waals surface area contributed by atoms with E-state index in [-0.39, 0.29) is 11.6 Å². The van der Waals surface area contributed by atoms with E-state index in [1.54, 1.807) is 6.07 Å². The van der Waals surface area contributed by atoms with E-state index in [1.807, 2.05) is 6.92 Å². The molecule has 0 saturated heterocycles. The van der Waals surface area contributed by atoms with Crippen LogP contribution in [0.3, 0.4) is 0 Å². The molecule has 2 aromatic heterocycles. The highest BCUT2D eigenvalue weighted by Crippen LogP contribution is 2.26. The van der Waals surface area contributed by atoms with E-state index in [9.17, 15) is 4.79 Å². The van der Waals surface area contributed by atoms with Crippen molar-refractivity contribution >= 4 is 33.2 Å². The fourth-order valence-corrected chi connectivity index (χ4v) is 2.23. The lowest BCUT2D eigenvalue weighted by Crippen LogP contribution is -2.10. The summed E-state index contributed by atoms with van der Waals surface area (Å²) >= 11 is 7.06. The van der Waals surface area contributed by atoms with Crippen molar-refractivity contribution in [1.82, 2.24) is 9.97 Å². The van der Waals surface area contributed by atoms with E-state index in [4.69, 9.17) is 16.3 Å². The van der Waals surface area contributed by atoms with Crippen LogP contribution in [0.4, 0.5) is 0 Å². The molecule has 4 nitrogen and oxygen atoms in total. The number of halogens is 1. The minimum atomic E-state index is -0.214. The summed E-state index contributed by atoms with van der Waals surface area (Å²) in [5, 5.41) is 0.508. The second-order valence-electron chi connectivity index (χ2n) is 2.99. The number of aromatic amines is 1. The summed E-state index contributed by atoms with van der Waals surface area (Å²) in [7, 11) is 0. The van der Waals surface area contributed by atoms with Gasteiger partial charge in [-0.2, -0.15) is 4.98 Å². The number of nitrogens with zero attached hydrogens (tertiary/aromatic N) is 1. The van der Waals surface area contributed by atoms with Gasteiger partial charge in [-0.25, -0.2) is 0 Å². The number of hydrogen-bond donors (Lipinski definition) is 1. The van der Waals surface area contributed by atoms with Crippen molar-refractivity contribution in [2.45, 2.75) is 13.3 Å². The van der Waals surface area contributed by atoms with Gasteiger partial charge in [0.2, 0.25) is 0 Å². The molecule has 0 unspecified atom stereocenters. The van der Waals surface area contributed by atoms with Gasteiger partial charge in [-0.3, -0.25) is 9.78 Å². The molecule has 0 fully saturated rings. The Labute approximate surface area is 94.9 Å². The second kappa shape index (κ2) is 4.20. The molecule has 0 atom stereocenters. The predicted octanol–water partition coefficient (Wildman–Crippen LogP) is 2.43. The Morgan fingerprint density at radius 2 is 2.47 bits per heavy atom. The van der Waals surface area contributed by atoms with Crippen molar-refractivity contribution in [2.75, 3.05) is 6.61 Å². The molecule has 0 bridgehead atoms. The highest BCUT2D eigenvalue weighted by molar-refractivity contribution is 7.22. The van der Waals surface area contributed by atoms with Gasteiger partial charge < -0.3 is 4.74 Å². The Morgan fingerprint density at radius 3 is 3.20 bits per heavy atom. The standard InChI is InChI=1S/C9H9ClN2O2S/c1-2-3-14-9-11-7(13)5-4-6(10)15-8(5)12-9/h4H,2-3H2,1H3,(H,11,12,13). The first-order valence-electron chi connectivity index (χ1n) is 4.53. The Morgan fingerprint density at radius 1 is 1.67 bits per heavy atom. The number of rotatable bonds is 3. The predicted molar refractivity (Wildman–Crippen MR) is 61.0 cm³/mol. The first-order chi connectivity index (χ1) is 7.20. The van der Waals surface area contributed by atoms with E-state index in [2.05, 4.69) is 9.97 Å². The monoisotopic (exact) mass is 244 g/mol. The van der Waals surface area contributed by atoms with E-state index in [0.717, 1.165) is 6.42 Å². The molecule has 2 heterocycles. The number of ether oxygens (including phenoxy) is 1. The van der Waals surface area contributed by atoms with Crippen molar-refractivity contribution in [3.63, 3.8) is 0 Å². The van der Waals surface area contributed by atoms with Crippen molar-refractivity contribution < 1.29 is 4.74 Å². The molecular weight excluding hydrogens is 236 g/mol. The highest BCUT2D eigenvalue weighted by Gasteiger charge is 2.07. The molecule has 0 saturated carbocycles. The molecule has 0 aliphatic carbocycles. The van der Waals surface area contributed by atoms with E-state index in [0.29, 0.717) is 21.2 Å². The molecule has 0 amide bonds. The maximum atomic E-state index is 11.5. The van der Waals surface area contributed by atoms with Crippen LogP contribution >= 0.6 is 22.9 Å². The summed E-state index contributed by atoms with van der Waals surface area (Å²) in [6, 6.07) is 1.87. The Balaban J connectivity index is 2.47. The van der Waals surface area contributed by atoms with Gasteiger partial charge >= 0.3 is 0 Å². The zero-order chi connectivity index (χ0) is 10.8. The molecule has 2 rings (SSSR count). The number of fused-ring (bicyclic) bond motifs is 1. The third-order valence-corrected chi connectivity index (χ3v) is 2.95. The third-order valence-electron chi connectivity index (χ3n) is 1.79. The zero-order valence-corrected chi connectivity index (χ0v) is 9.61. The smallest absolute Gasteiger partial charge is 0.297 e. The van der Waals surface area contributed by atoms with Crippen molar-refractivity contribution in [3.8, 4) is 6.01 Å². The second-order valence-corrected chi connectivity index (χ2v) is 4.65. The SMILES string of the molecule is CCCOc1nc2sc(Cl)cc2c(=O)[nH]1.